The first-order valence-electron chi connectivity index (χ1n) is 5.06. The van der Waals surface area contributed by atoms with E-state index >= 15 is 0 Å². The number of carbonyl (C=O) groups is 1. The molecule has 0 amide bonds. The SMILES string of the molecule is O=C(/C=C/c1cc(O)ccc1O)c1ccc(F)s1. The Morgan fingerprint density at radius 3 is 2.67 bits per heavy atom. The van der Waals surface area contributed by atoms with Crippen molar-refractivity contribution in [1.82, 2.24) is 0 Å². The van der Waals surface area contributed by atoms with E-state index in [2.05, 4.69) is 0 Å². The second-order valence-corrected chi connectivity index (χ2v) is 4.58. The maximum absolute atomic E-state index is 12.7. The van der Waals surface area contributed by atoms with Gasteiger partial charge in [-0.25, -0.2) is 0 Å². The first-order chi connectivity index (χ1) is 8.56. The van der Waals surface area contributed by atoms with Gasteiger partial charge in [0.25, 0.3) is 0 Å². The summed E-state index contributed by atoms with van der Waals surface area (Å²) in [5.41, 5.74) is 0.320. The Labute approximate surface area is 106 Å². The fourth-order valence-corrected chi connectivity index (χ4v) is 2.02. The third-order valence-corrected chi connectivity index (χ3v) is 3.13. The molecule has 0 radical (unpaired) electrons. The number of phenols is 2. The Bertz CT molecular complexity index is 616. The van der Waals surface area contributed by atoms with Gasteiger partial charge in [0, 0.05) is 5.56 Å². The summed E-state index contributed by atoms with van der Waals surface area (Å²) in [6.07, 6.45) is 2.59. The number of aromatic hydroxyl groups is 2. The predicted octanol–water partition coefficient (Wildman–Crippen LogP) is 3.19. The smallest absolute Gasteiger partial charge is 0.195 e. The first kappa shape index (κ1) is 12.3. The van der Waals surface area contributed by atoms with Crippen molar-refractivity contribution < 1.29 is 19.4 Å². The van der Waals surface area contributed by atoms with Gasteiger partial charge in [-0.05, 0) is 42.5 Å². The van der Waals surface area contributed by atoms with Gasteiger partial charge in [0.2, 0.25) is 0 Å². The molecule has 0 atom stereocenters. The van der Waals surface area contributed by atoms with Gasteiger partial charge in [0.05, 0.1) is 4.88 Å². The van der Waals surface area contributed by atoms with E-state index in [-0.39, 0.29) is 22.2 Å². The van der Waals surface area contributed by atoms with Gasteiger partial charge in [-0.15, -0.1) is 11.3 Å². The average Bonchev–Trinajstić information content (AvgIpc) is 2.77. The van der Waals surface area contributed by atoms with E-state index in [1.165, 1.54) is 42.5 Å². The van der Waals surface area contributed by atoms with Crippen LogP contribution in [0.25, 0.3) is 6.08 Å². The highest BCUT2D eigenvalue weighted by molar-refractivity contribution is 7.12. The van der Waals surface area contributed by atoms with Gasteiger partial charge in [-0.2, -0.15) is 4.39 Å². The molecule has 92 valence electrons. The molecule has 0 saturated heterocycles. The van der Waals surface area contributed by atoms with Crippen LogP contribution in [-0.4, -0.2) is 16.0 Å². The molecule has 2 aromatic rings. The van der Waals surface area contributed by atoms with Gasteiger partial charge in [-0.3, -0.25) is 4.79 Å². The molecule has 3 nitrogen and oxygen atoms in total. The number of carbonyl (C=O) groups excluding carboxylic acids is 1. The molecule has 2 rings (SSSR count). The van der Waals surface area contributed by atoms with Crippen LogP contribution in [0.4, 0.5) is 4.39 Å². The van der Waals surface area contributed by atoms with Crippen LogP contribution in [0, 0.1) is 5.13 Å². The lowest BCUT2D eigenvalue weighted by molar-refractivity contribution is 0.105. The number of rotatable bonds is 3. The lowest BCUT2D eigenvalue weighted by Crippen LogP contribution is -1.88. The molecule has 5 heteroatoms. The largest absolute Gasteiger partial charge is 0.508 e. The molecule has 0 aliphatic carbocycles. The second kappa shape index (κ2) is 5.01. The van der Waals surface area contributed by atoms with Crippen LogP contribution < -0.4 is 0 Å². The van der Waals surface area contributed by atoms with Gasteiger partial charge in [-0.1, -0.05) is 0 Å². The topological polar surface area (TPSA) is 57.5 Å². The number of allylic oxidation sites excluding steroid dienone is 1. The highest BCUT2D eigenvalue weighted by atomic mass is 32.1. The molecule has 0 saturated carbocycles. The van der Waals surface area contributed by atoms with Crippen LogP contribution in [0.3, 0.4) is 0 Å². The number of ketones is 1. The minimum absolute atomic E-state index is 0.0120. The van der Waals surface area contributed by atoms with Crippen molar-refractivity contribution in [3.05, 3.63) is 52.0 Å². The van der Waals surface area contributed by atoms with Gasteiger partial charge < -0.3 is 10.2 Å². The average molecular weight is 264 g/mol. The van der Waals surface area contributed by atoms with Crippen LogP contribution in [0.5, 0.6) is 11.5 Å². The van der Waals surface area contributed by atoms with E-state index < -0.39 is 5.13 Å². The Hall–Kier alpha value is -2.14. The summed E-state index contributed by atoms with van der Waals surface area (Å²) >= 11 is 0.759. The molecule has 0 aliphatic rings. The normalized spacial score (nSPS) is 10.9. The minimum Gasteiger partial charge on any atom is -0.508 e. The van der Waals surface area contributed by atoms with Crippen molar-refractivity contribution in [3.63, 3.8) is 0 Å². The molecule has 18 heavy (non-hydrogen) atoms. The number of thiophene rings is 1. The Balaban J connectivity index is 2.20. The van der Waals surface area contributed by atoms with Crippen LogP contribution in [-0.2, 0) is 0 Å². The van der Waals surface area contributed by atoms with Gasteiger partial charge in [0.1, 0.15) is 11.5 Å². The van der Waals surface area contributed by atoms with Crippen molar-refractivity contribution in [3.8, 4) is 11.5 Å². The van der Waals surface area contributed by atoms with Crippen LogP contribution in [0.1, 0.15) is 15.2 Å². The lowest BCUT2D eigenvalue weighted by atomic mass is 10.1. The third kappa shape index (κ3) is 2.75. The van der Waals surface area contributed by atoms with Crippen LogP contribution in [0.2, 0.25) is 0 Å². The number of phenolic OH excluding ortho intramolecular Hbond substituents is 2. The standard InChI is InChI=1S/C13H9FO3S/c14-13-6-5-12(18-13)11(17)3-1-8-7-9(15)2-4-10(8)16/h1-7,15-16H/b3-1+. The van der Waals surface area contributed by atoms with Gasteiger partial charge in [0.15, 0.2) is 10.9 Å². The molecule has 0 bridgehead atoms. The Morgan fingerprint density at radius 1 is 1.22 bits per heavy atom. The monoisotopic (exact) mass is 264 g/mol. The predicted molar refractivity (Wildman–Crippen MR) is 67.4 cm³/mol. The third-order valence-electron chi connectivity index (χ3n) is 2.24. The van der Waals surface area contributed by atoms with Gasteiger partial charge >= 0.3 is 0 Å². The van der Waals surface area contributed by atoms with Crippen molar-refractivity contribution in [1.29, 1.82) is 0 Å². The first-order valence-corrected chi connectivity index (χ1v) is 5.87. The second-order valence-electron chi connectivity index (χ2n) is 3.54. The lowest BCUT2D eigenvalue weighted by Gasteiger charge is -1.99. The summed E-state index contributed by atoms with van der Waals surface area (Å²) in [5.74, 6) is -0.414. The molecule has 1 aromatic heterocycles. The summed E-state index contributed by atoms with van der Waals surface area (Å²) in [4.78, 5) is 11.9. The fourth-order valence-electron chi connectivity index (χ4n) is 1.37. The zero-order chi connectivity index (χ0) is 13.1. The number of benzene rings is 1. The molecule has 1 aromatic carbocycles. The summed E-state index contributed by atoms with van der Waals surface area (Å²) in [5, 5.41) is 18.3. The highest BCUT2D eigenvalue weighted by Crippen LogP contribution is 2.23. The maximum atomic E-state index is 12.7. The van der Waals surface area contributed by atoms with E-state index in [0.717, 1.165) is 11.3 Å². The molecule has 0 spiro atoms. The molecule has 1 heterocycles. The summed E-state index contributed by atoms with van der Waals surface area (Å²) in [6, 6.07) is 6.61. The van der Waals surface area contributed by atoms with Crippen molar-refractivity contribution >= 4 is 23.2 Å². The quantitative estimate of drug-likeness (QED) is 0.508. The van der Waals surface area contributed by atoms with E-state index in [1.807, 2.05) is 0 Å². The van der Waals surface area contributed by atoms with Crippen molar-refractivity contribution in [2.24, 2.45) is 0 Å². The number of halogens is 1. The molecule has 0 aliphatic heterocycles. The molecule has 0 unspecified atom stereocenters. The number of hydrogen-bond donors (Lipinski definition) is 2. The molecule has 0 fully saturated rings. The zero-order valence-electron chi connectivity index (χ0n) is 9.13. The maximum Gasteiger partial charge on any atom is 0.195 e. The van der Waals surface area contributed by atoms with E-state index in [4.69, 9.17) is 0 Å². The molecular weight excluding hydrogens is 255 g/mol. The summed E-state index contributed by atoms with van der Waals surface area (Å²) in [7, 11) is 0. The summed E-state index contributed by atoms with van der Waals surface area (Å²) in [6.45, 7) is 0. The zero-order valence-corrected chi connectivity index (χ0v) is 9.95. The van der Waals surface area contributed by atoms with Crippen molar-refractivity contribution in [2.45, 2.75) is 0 Å². The van der Waals surface area contributed by atoms with Crippen molar-refractivity contribution in [2.75, 3.05) is 0 Å². The van der Waals surface area contributed by atoms with Crippen LogP contribution in [0.15, 0.2) is 36.4 Å². The van der Waals surface area contributed by atoms with E-state index in [1.54, 1.807) is 0 Å². The Kier molecular flexibility index (Phi) is 3.43. The minimum atomic E-state index is -0.424. The van der Waals surface area contributed by atoms with E-state index in [0.29, 0.717) is 5.56 Å². The van der Waals surface area contributed by atoms with Crippen LogP contribution >= 0.6 is 11.3 Å². The molecular formula is C13H9FO3S. The highest BCUT2D eigenvalue weighted by Gasteiger charge is 2.06. The number of hydrogen-bond acceptors (Lipinski definition) is 4. The summed E-state index contributed by atoms with van der Waals surface area (Å²) < 4.78 is 12.7. The fraction of sp³-hybridized carbons (Fsp3) is 0. The molecule has 2 N–H and O–H groups in total. The van der Waals surface area contributed by atoms with E-state index in [9.17, 15) is 19.4 Å². The Morgan fingerprint density at radius 2 is 2.00 bits per heavy atom.